The van der Waals surface area contributed by atoms with Gasteiger partial charge in [0, 0.05) is 12.6 Å². The summed E-state index contributed by atoms with van der Waals surface area (Å²) in [6.45, 7) is 2.01. The number of carbonyl (C=O) groups excluding carboxylic acids is 1. The summed E-state index contributed by atoms with van der Waals surface area (Å²) in [6, 6.07) is 0.223. The molecule has 1 aromatic heterocycles. The van der Waals surface area contributed by atoms with E-state index in [4.69, 9.17) is 4.42 Å². The predicted octanol–water partition coefficient (Wildman–Crippen LogP) is 0.499. The molecule has 1 aliphatic heterocycles. The molecule has 82 valence electrons. The van der Waals surface area contributed by atoms with Crippen LogP contribution in [0.4, 0.5) is 0 Å². The molecule has 0 unspecified atom stereocenters. The van der Waals surface area contributed by atoms with E-state index in [1.165, 1.54) is 12.6 Å². The quantitative estimate of drug-likeness (QED) is 0.770. The van der Waals surface area contributed by atoms with Crippen molar-refractivity contribution in [3.8, 4) is 0 Å². The lowest BCUT2D eigenvalue weighted by molar-refractivity contribution is 0.0884. The second kappa shape index (κ2) is 4.44. The SMILES string of the molecule is CN1CCC[C@@H](NC(=O)c2cnco2)C1. The first-order valence-corrected chi connectivity index (χ1v) is 5.13. The lowest BCUT2D eigenvalue weighted by Gasteiger charge is -2.29. The first-order valence-electron chi connectivity index (χ1n) is 5.13. The summed E-state index contributed by atoms with van der Waals surface area (Å²) >= 11 is 0. The molecule has 1 aromatic rings. The number of nitrogens with zero attached hydrogens (tertiary/aromatic N) is 2. The third-order valence-electron chi connectivity index (χ3n) is 2.62. The number of carbonyl (C=O) groups is 1. The van der Waals surface area contributed by atoms with Crippen LogP contribution < -0.4 is 5.32 Å². The Morgan fingerprint density at radius 2 is 2.60 bits per heavy atom. The molecule has 0 saturated carbocycles. The van der Waals surface area contributed by atoms with Gasteiger partial charge >= 0.3 is 0 Å². The Bertz CT molecular complexity index is 323. The zero-order valence-corrected chi connectivity index (χ0v) is 8.77. The third-order valence-corrected chi connectivity index (χ3v) is 2.62. The van der Waals surface area contributed by atoms with E-state index in [-0.39, 0.29) is 17.7 Å². The molecule has 15 heavy (non-hydrogen) atoms. The Hall–Kier alpha value is -1.36. The average molecular weight is 209 g/mol. The highest BCUT2D eigenvalue weighted by atomic mass is 16.3. The second-order valence-electron chi connectivity index (χ2n) is 3.94. The fourth-order valence-electron chi connectivity index (χ4n) is 1.87. The largest absolute Gasteiger partial charge is 0.438 e. The van der Waals surface area contributed by atoms with Crippen LogP contribution in [0.1, 0.15) is 23.4 Å². The molecule has 1 aliphatic rings. The minimum atomic E-state index is -0.173. The van der Waals surface area contributed by atoms with Gasteiger partial charge in [-0.05, 0) is 26.4 Å². The molecule has 1 atom stereocenters. The van der Waals surface area contributed by atoms with Gasteiger partial charge in [-0.1, -0.05) is 0 Å². The molecule has 1 saturated heterocycles. The van der Waals surface area contributed by atoms with Crippen LogP contribution in [-0.2, 0) is 0 Å². The summed E-state index contributed by atoms with van der Waals surface area (Å²) in [4.78, 5) is 17.5. The summed E-state index contributed by atoms with van der Waals surface area (Å²) in [7, 11) is 2.06. The van der Waals surface area contributed by atoms with Crippen molar-refractivity contribution in [1.82, 2.24) is 15.2 Å². The highest BCUT2D eigenvalue weighted by Gasteiger charge is 2.20. The number of likely N-dealkylation sites (N-methyl/N-ethyl adjacent to an activating group) is 1. The number of hydrogen-bond acceptors (Lipinski definition) is 4. The van der Waals surface area contributed by atoms with Crippen LogP contribution in [0, 0.1) is 0 Å². The molecule has 5 nitrogen and oxygen atoms in total. The maximum atomic E-state index is 11.6. The maximum absolute atomic E-state index is 11.6. The van der Waals surface area contributed by atoms with E-state index in [2.05, 4.69) is 22.2 Å². The van der Waals surface area contributed by atoms with Crippen LogP contribution in [0.15, 0.2) is 17.0 Å². The van der Waals surface area contributed by atoms with Crippen LogP contribution in [0.3, 0.4) is 0 Å². The summed E-state index contributed by atoms with van der Waals surface area (Å²) in [5.41, 5.74) is 0. The van der Waals surface area contributed by atoms with Crippen LogP contribution in [-0.4, -0.2) is 42.0 Å². The molecule has 0 bridgehead atoms. The lowest BCUT2D eigenvalue weighted by Crippen LogP contribution is -2.46. The molecule has 2 heterocycles. The van der Waals surface area contributed by atoms with E-state index < -0.39 is 0 Å². The van der Waals surface area contributed by atoms with Gasteiger partial charge in [0.05, 0.1) is 6.20 Å². The Labute approximate surface area is 88.5 Å². The van der Waals surface area contributed by atoms with Gasteiger partial charge in [-0.2, -0.15) is 0 Å². The molecule has 1 amide bonds. The van der Waals surface area contributed by atoms with E-state index >= 15 is 0 Å². The highest BCUT2D eigenvalue weighted by Crippen LogP contribution is 2.08. The minimum Gasteiger partial charge on any atom is -0.438 e. The van der Waals surface area contributed by atoms with Crippen LogP contribution >= 0.6 is 0 Å². The minimum absolute atomic E-state index is 0.173. The van der Waals surface area contributed by atoms with Gasteiger partial charge in [0.2, 0.25) is 5.76 Å². The molecule has 2 rings (SSSR count). The van der Waals surface area contributed by atoms with Crippen molar-refractivity contribution in [3.05, 3.63) is 18.4 Å². The molecule has 0 spiro atoms. The van der Waals surface area contributed by atoms with Gasteiger partial charge in [0.25, 0.3) is 5.91 Å². The number of likely N-dealkylation sites (tertiary alicyclic amines) is 1. The van der Waals surface area contributed by atoms with E-state index in [9.17, 15) is 4.79 Å². The lowest BCUT2D eigenvalue weighted by atomic mass is 10.1. The zero-order chi connectivity index (χ0) is 10.7. The standard InChI is InChI=1S/C10H15N3O2/c1-13-4-2-3-8(6-13)12-10(14)9-5-11-7-15-9/h5,7-8H,2-4,6H2,1H3,(H,12,14)/t8-/m1/s1. The van der Waals surface area contributed by atoms with Crippen LogP contribution in [0.2, 0.25) is 0 Å². The Kier molecular flexibility index (Phi) is 3.01. The average Bonchev–Trinajstić information content (AvgIpc) is 2.70. The maximum Gasteiger partial charge on any atom is 0.288 e. The molecule has 1 fully saturated rings. The molecule has 5 heteroatoms. The summed E-state index contributed by atoms with van der Waals surface area (Å²) in [5.74, 6) is 0.107. The Balaban J connectivity index is 1.89. The van der Waals surface area contributed by atoms with Crippen molar-refractivity contribution < 1.29 is 9.21 Å². The zero-order valence-electron chi connectivity index (χ0n) is 8.77. The molecular weight excluding hydrogens is 194 g/mol. The second-order valence-corrected chi connectivity index (χ2v) is 3.94. The van der Waals surface area contributed by atoms with E-state index in [0.717, 1.165) is 25.9 Å². The van der Waals surface area contributed by atoms with Crippen molar-refractivity contribution in [3.63, 3.8) is 0 Å². The van der Waals surface area contributed by atoms with Crippen molar-refractivity contribution >= 4 is 5.91 Å². The van der Waals surface area contributed by atoms with Gasteiger partial charge in [-0.15, -0.1) is 0 Å². The van der Waals surface area contributed by atoms with Crippen molar-refractivity contribution in [2.75, 3.05) is 20.1 Å². The Morgan fingerprint density at radius 3 is 3.27 bits per heavy atom. The predicted molar refractivity (Wildman–Crippen MR) is 54.5 cm³/mol. The van der Waals surface area contributed by atoms with Gasteiger partial charge in [0.15, 0.2) is 6.39 Å². The molecular formula is C10H15N3O2. The van der Waals surface area contributed by atoms with Gasteiger partial charge < -0.3 is 14.6 Å². The number of aromatic nitrogens is 1. The van der Waals surface area contributed by atoms with E-state index in [0.29, 0.717) is 0 Å². The normalized spacial score (nSPS) is 22.6. The number of oxazole rings is 1. The first-order chi connectivity index (χ1) is 7.25. The molecule has 0 aliphatic carbocycles. The van der Waals surface area contributed by atoms with Crippen molar-refractivity contribution in [1.29, 1.82) is 0 Å². The summed E-state index contributed by atoms with van der Waals surface area (Å²) in [5, 5.41) is 2.94. The van der Waals surface area contributed by atoms with Crippen LogP contribution in [0.25, 0.3) is 0 Å². The molecule has 1 N–H and O–H groups in total. The summed E-state index contributed by atoms with van der Waals surface area (Å²) < 4.78 is 4.93. The number of amides is 1. The highest BCUT2D eigenvalue weighted by molar-refractivity contribution is 5.91. The van der Waals surface area contributed by atoms with Gasteiger partial charge in [-0.3, -0.25) is 4.79 Å². The van der Waals surface area contributed by atoms with E-state index in [1.807, 2.05) is 0 Å². The number of piperidine rings is 1. The van der Waals surface area contributed by atoms with Crippen molar-refractivity contribution in [2.24, 2.45) is 0 Å². The molecule has 0 aromatic carbocycles. The third kappa shape index (κ3) is 2.56. The smallest absolute Gasteiger partial charge is 0.288 e. The van der Waals surface area contributed by atoms with Gasteiger partial charge in [0.1, 0.15) is 0 Å². The monoisotopic (exact) mass is 209 g/mol. The van der Waals surface area contributed by atoms with Crippen LogP contribution in [0.5, 0.6) is 0 Å². The number of hydrogen-bond donors (Lipinski definition) is 1. The topological polar surface area (TPSA) is 58.4 Å². The van der Waals surface area contributed by atoms with E-state index in [1.54, 1.807) is 0 Å². The molecule has 0 radical (unpaired) electrons. The fraction of sp³-hybridized carbons (Fsp3) is 0.600. The first kappa shape index (κ1) is 10.2. The summed E-state index contributed by atoms with van der Waals surface area (Å²) in [6.07, 6.45) is 4.85. The fourth-order valence-corrected chi connectivity index (χ4v) is 1.87. The van der Waals surface area contributed by atoms with Crippen molar-refractivity contribution in [2.45, 2.75) is 18.9 Å². The Morgan fingerprint density at radius 1 is 1.73 bits per heavy atom. The number of nitrogens with one attached hydrogen (secondary N) is 1. The van der Waals surface area contributed by atoms with Gasteiger partial charge in [-0.25, -0.2) is 4.98 Å². The number of rotatable bonds is 2.